The fourth-order valence-electron chi connectivity index (χ4n) is 2.47. The zero-order valence-corrected chi connectivity index (χ0v) is 13.6. The maximum atomic E-state index is 11.7. The third kappa shape index (κ3) is 3.54. The number of hydrogen-bond donors (Lipinski definition) is 1. The summed E-state index contributed by atoms with van der Waals surface area (Å²) < 4.78 is 29.1. The normalized spacial score (nSPS) is 13.3. The van der Waals surface area contributed by atoms with Gasteiger partial charge in [-0.3, -0.25) is 0 Å². The smallest absolute Gasteiger partial charge is 0.175 e. The Bertz CT molecular complexity index is 732. The minimum Gasteiger partial charge on any atom is -0.466 e. The first-order valence-corrected chi connectivity index (χ1v) is 8.82. The average molecular weight is 307 g/mol. The van der Waals surface area contributed by atoms with E-state index in [0.717, 1.165) is 29.2 Å². The molecule has 0 saturated heterocycles. The largest absolute Gasteiger partial charge is 0.466 e. The molecule has 2 aromatic rings. The second kappa shape index (κ2) is 6.03. The van der Waals surface area contributed by atoms with Crippen molar-refractivity contribution < 1.29 is 12.8 Å². The highest BCUT2D eigenvalue weighted by molar-refractivity contribution is 7.90. The number of furan rings is 1. The highest BCUT2D eigenvalue weighted by atomic mass is 32.2. The van der Waals surface area contributed by atoms with Gasteiger partial charge < -0.3 is 9.73 Å². The van der Waals surface area contributed by atoms with E-state index in [2.05, 4.69) is 5.32 Å². The summed E-state index contributed by atoms with van der Waals surface area (Å²) in [6.07, 6.45) is 1.22. The van der Waals surface area contributed by atoms with Gasteiger partial charge in [0.15, 0.2) is 9.84 Å². The molecule has 1 atom stereocenters. The van der Waals surface area contributed by atoms with Crippen molar-refractivity contribution >= 4 is 9.84 Å². The van der Waals surface area contributed by atoms with Crippen LogP contribution >= 0.6 is 0 Å². The summed E-state index contributed by atoms with van der Waals surface area (Å²) in [5.41, 5.74) is 1.96. The van der Waals surface area contributed by atoms with Crippen molar-refractivity contribution in [2.75, 3.05) is 12.8 Å². The molecule has 1 unspecified atom stereocenters. The van der Waals surface area contributed by atoms with Gasteiger partial charge in [0.05, 0.1) is 10.9 Å². The summed E-state index contributed by atoms with van der Waals surface area (Å²) in [7, 11) is -3.21. The molecule has 114 valence electrons. The summed E-state index contributed by atoms with van der Waals surface area (Å²) in [6, 6.07) is 8.98. The van der Waals surface area contributed by atoms with Crippen LogP contribution in [0.25, 0.3) is 0 Å². The standard InChI is InChI=1S/C16H21NO3S/c1-5-17-16(15-9-11(2)20-12(15)3)13-7-6-8-14(10-13)21(4,18)19/h6-10,16-17H,5H2,1-4H3. The number of rotatable bonds is 5. The SMILES string of the molecule is CCNC(c1cccc(S(C)(=O)=O)c1)c1cc(C)oc1C. The third-order valence-corrected chi connectivity index (χ3v) is 4.53. The topological polar surface area (TPSA) is 59.3 Å². The lowest BCUT2D eigenvalue weighted by Crippen LogP contribution is -2.22. The third-order valence-electron chi connectivity index (χ3n) is 3.42. The molecule has 5 heteroatoms. The lowest BCUT2D eigenvalue weighted by atomic mass is 9.99. The van der Waals surface area contributed by atoms with Gasteiger partial charge in [0.2, 0.25) is 0 Å². The number of benzene rings is 1. The maximum Gasteiger partial charge on any atom is 0.175 e. The first-order valence-electron chi connectivity index (χ1n) is 6.93. The lowest BCUT2D eigenvalue weighted by Gasteiger charge is -2.18. The minimum absolute atomic E-state index is 0.0749. The molecule has 0 spiro atoms. The molecule has 1 aromatic carbocycles. The van der Waals surface area contributed by atoms with Gasteiger partial charge in [-0.2, -0.15) is 0 Å². The van der Waals surface area contributed by atoms with Gasteiger partial charge in [0.25, 0.3) is 0 Å². The van der Waals surface area contributed by atoms with Crippen LogP contribution in [0.1, 0.15) is 35.6 Å². The van der Waals surface area contributed by atoms with Gasteiger partial charge in [-0.05, 0) is 44.2 Å². The quantitative estimate of drug-likeness (QED) is 0.922. The zero-order chi connectivity index (χ0) is 15.6. The van der Waals surface area contributed by atoms with Crippen molar-refractivity contribution in [1.82, 2.24) is 5.32 Å². The molecule has 0 saturated carbocycles. The summed E-state index contributed by atoms with van der Waals surface area (Å²) in [5.74, 6) is 1.70. The van der Waals surface area contributed by atoms with Crippen molar-refractivity contribution in [3.63, 3.8) is 0 Å². The number of nitrogens with one attached hydrogen (secondary N) is 1. The van der Waals surface area contributed by atoms with Crippen LogP contribution < -0.4 is 5.32 Å². The van der Waals surface area contributed by atoms with Gasteiger partial charge >= 0.3 is 0 Å². The first-order chi connectivity index (χ1) is 9.82. The van der Waals surface area contributed by atoms with E-state index in [1.165, 1.54) is 6.26 Å². The molecular weight excluding hydrogens is 286 g/mol. The van der Waals surface area contributed by atoms with Crippen LogP contribution in [0.3, 0.4) is 0 Å². The fourth-order valence-corrected chi connectivity index (χ4v) is 3.15. The van der Waals surface area contributed by atoms with E-state index in [0.29, 0.717) is 4.90 Å². The zero-order valence-electron chi connectivity index (χ0n) is 12.8. The summed E-state index contributed by atoms with van der Waals surface area (Å²) in [6.45, 7) is 6.63. The Kier molecular flexibility index (Phi) is 4.54. The maximum absolute atomic E-state index is 11.7. The van der Waals surface area contributed by atoms with E-state index in [4.69, 9.17) is 4.42 Å². The number of sulfone groups is 1. The second-order valence-corrected chi connectivity index (χ2v) is 7.22. The van der Waals surface area contributed by atoms with E-state index in [9.17, 15) is 8.42 Å². The Morgan fingerprint density at radius 2 is 1.95 bits per heavy atom. The Labute approximate surface area is 126 Å². The van der Waals surface area contributed by atoms with Crippen LogP contribution in [0.15, 0.2) is 39.6 Å². The Balaban J connectivity index is 2.51. The highest BCUT2D eigenvalue weighted by Gasteiger charge is 2.19. The molecule has 1 heterocycles. The molecule has 4 nitrogen and oxygen atoms in total. The minimum atomic E-state index is -3.21. The van der Waals surface area contributed by atoms with Crippen LogP contribution in [0.4, 0.5) is 0 Å². The predicted octanol–water partition coefficient (Wildman–Crippen LogP) is 3.00. The second-order valence-electron chi connectivity index (χ2n) is 5.20. The van der Waals surface area contributed by atoms with Crippen LogP contribution in [0.5, 0.6) is 0 Å². The van der Waals surface area contributed by atoms with Crippen LogP contribution in [-0.2, 0) is 9.84 Å². The fraction of sp³-hybridized carbons (Fsp3) is 0.375. The van der Waals surface area contributed by atoms with E-state index in [1.807, 2.05) is 32.9 Å². The molecule has 2 rings (SSSR count). The van der Waals surface area contributed by atoms with Crippen LogP contribution in [0, 0.1) is 13.8 Å². The van der Waals surface area contributed by atoms with Crippen molar-refractivity contribution in [3.8, 4) is 0 Å². The van der Waals surface area contributed by atoms with Crippen molar-refractivity contribution in [2.24, 2.45) is 0 Å². The van der Waals surface area contributed by atoms with Crippen LogP contribution in [0.2, 0.25) is 0 Å². The molecule has 0 aliphatic rings. The number of hydrogen-bond acceptors (Lipinski definition) is 4. The van der Waals surface area contributed by atoms with Crippen LogP contribution in [-0.4, -0.2) is 21.2 Å². The van der Waals surface area contributed by atoms with Crippen molar-refractivity contribution in [1.29, 1.82) is 0 Å². The molecule has 21 heavy (non-hydrogen) atoms. The van der Waals surface area contributed by atoms with Gasteiger partial charge in [-0.25, -0.2) is 8.42 Å². The van der Waals surface area contributed by atoms with Gasteiger partial charge in [-0.1, -0.05) is 19.1 Å². The van der Waals surface area contributed by atoms with E-state index in [-0.39, 0.29) is 6.04 Å². The molecule has 1 aromatic heterocycles. The lowest BCUT2D eigenvalue weighted by molar-refractivity contribution is 0.495. The first kappa shape index (κ1) is 15.8. The van der Waals surface area contributed by atoms with E-state index < -0.39 is 9.84 Å². The monoisotopic (exact) mass is 307 g/mol. The predicted molar refractivity (Wildman–Crippen MR) is 83.3 cm³/mol. The van der Waals surface area contributed by atoms with Gasteiger partial charge in [0.1, 0.15) is 11.5 Å². The molecule has 0 amide bonds. The van der Waals surface area contributed by atoms with E-state index >= 15 is 0 Å². The number of aryl methyl sites for hydroxylation is 2. The van der Waals surface area contributed by atoms with Gasteiger partial charge in [0, 0.05) is 11.8 Å². The molecule has 0 fully saturated rings. The Morgan fingerprint density at radius 1 is 1.24 bits per heavy atom. The van der Waals surface area contributed by atoms with Crippen molar-refractivity contribution in [3.05, 3.63) is 53.0 Å². The summed E-state index contributed by atoms with van der Waals surface area (Å²) >= 11 is 0. The van der Waals surface area contributed by atoms with Gasteiger partial charge in [-0.15, -0.1) is 0 Å². The molecule has 0 bridgehead atoms. The molecule has 0 aliphatic carbocycles. The van der Waals surface area contributed by atoms with E-state index in [1.54, 1.807) is 18.2 Å². The Morgan fingerprint density at radius 3 is 2.48 bits per heavy atom. The Hall–Kier alpha value is -1.59. The summed E-state index contributed by atoms with van der Waals surface area (Å²) in [5, 5.41) is 3.39. The molecular formula is C16H21NO3S. The molecule has 0 radical (unpaired) electrons. The van der Waals surface area contributed by atoms with Crippen molar-refractivity contribution in [2.45, 2.75) is 31.7 Å². The highest BCUT2D eigenvalue weighted by Crippen LogP contribution is 2.28. The molecule has 0 aliphatic heterocycles. The molecule has 1 N–H and O–H groups in total. The average Bonchev–Trinajstić information content (AvgIpc) is 2.74. The summed E-state index contributed by atoms with van der Waals surface area (Å²) in [4.78, 5) is 0.334.